The topological polar surface area (TPSA) is 69.6 Å². The number of rotatable bonds is 6. The molecule has 19 heavy (non-hydrogen) atoms. The van der Waals surface area contributed by atoms with Crippen LogP contribution in [0.3, 0.4) is 0 Å². The Balaban J connectivity index is 2.48. The number of nitrogens with one attached hydrogen (secondary N) is 1. The summed E-state index contributed by atoms with van der Waals surface area (Å²) in [6.45, 7) is 5.54. The van der Waals surface area contributed by atoms with E-state index in [2.05, 4.69) is 12.2 Å². The number of unbranched alkanes of at least 4 members (excludes halogenated alkanes) is 1. The normalized spacial score (nSPS) is 20.9. The number of carbonyl (C=O) groups excluding carboxylic acids is 1. The molecule has 1 aliphatic heterocycles. The first kappa shape index (κ1) is 16.1. The van der Waals surface area contributed by atoms with E-state index in [1.54, 1.807) is 4.90 Å². The third-order valence-corrected chi connectivity index (χ3v) is 4.70. The van der Waals surface area contributed by atoms with Gasteiger partial charge in [-0.2, -0.15) is 11.8 Å². The van der Waals surface area contributed by atoms with E-state index in [1.165, 1.54) is 0 Å². The lowest BCUT2D eigenvalue weighted by molar-refractivity contribution is -0.139. The second-order valence-corrected chi connectivity index (χ2v) is 6.24. The van der Waals surface area contributed by atoms with E-state index in [-0.39, 0.29) is 6.03 Å². The summed E-state index contributed by atoms with van der Waals surface area (Å²) in [4.78, 5) is 24.9. The Morgan fingerprint density at radius 1 is 1.47 bits per heavy atom. The second-order valence-electron chi connectivity index (χ2n) is 4.83. The fourth-order valence-electron chi connectivity index (χ4n) is 2.06. The minimum absolute atomic E-state index is 0.234. The number of urea groups is 1. The van der Waals surface area contributed by atoms with Gasteiger partial charge in [0.1, 0.15) is 6.04 Å². The van der Waals surface area contributed by atoms with Gasteiger partial charge in [-0.15, -0.1) is 0 Å². The number of carboxylic acid groups (broad SMARTS) is 1. The highest BCUT2D eigenvalue weighted by Crippen LogP contribution is 2.21. The highest BCUT2D eigenvalue weighted by molar-refractivity contribution is 8.00. The number of aliphatic carboxylic acids is 1. The molecule has 1 rings (SSSR count). The number of carboxylic acids is 1. The van der Waals surface area contributed by atoms with Crippen LogP contribution in [0, 0.1) is 0 Å². The first-order valence-corrected chi connectivity index (χ1v) is 8.03. The number of carbonyl (C=O) groups is 2. The van der Waals surface area contributed by atoms with Crippen molar-refractivity contribution in [3.63, 3.8) is 0 Å². The van der Waals surface area contributed by atoms with Crippen LogP contribution in [0.5, 0.6) is 0 Å². The van der Waals surface area contributed by atoms with Gasteiger partial charge in [-0.1, -0.05) is 26.7 Å². The molecule has 2 N–H and O–H groups in total. The van der Waals surface area contributed by atoms with Crippen LogP contribution in [-0.4, -0.2) is 52.1 Å². The summed E-state index contributed by atoms with van der Waals surface area (Å²) in [6.07, 6.45) is 3.27. The van der Waals surface area contributed by atoms with Gasteiger partial charge < -0.3 is 15.3 Å². The molecule has 0 aromatic rings. The average molecular weight is 288 g/mol. The summed E-state index contributed by atoms with van der Waals surface area (Å²) in [7, 11) is 0. The second kappa shape index (κ2) is 8.30. The van der Waals surface area contributed by atoms with Crippen LogP contribution in [0.15, 0.2) is 0 Å². The fourth-order valence-corrected chi connectivity index (χ4v) is 3.24. The van der Waals surface area contributed by atoms with Crippen molar-refractivity contribution in [1.82, 2.24) is 10.2 Å². The van der Waals surface area contributed by atoms with E-state index in [0.29, 0.717) is 24.8 Å². The van der Waals surface area contributed by atoms with Crippen molar-refractivity contribution >= 4 is 23.8 Å². The summed E-state index contributed by atoms with van der Waals surface area (Å²) in [5.41, 5.74) is 0. The zero-order valence-electron chi connectivity index (χ0n) is 11.7. The zero-order valence-corrected chi connectivity index (χ0v) is 12.5. The molecule has 1 fully saturated rings. The SMILES string of the molecule is CCCC[C@H](NC(=O)N1CCSC(CC)C1)C(=O)O. The minimum atomic E-state index is -0.944. The predicted octanol–water partition coefficient (Wildman–Crippen LogP) is 2.17. The largest absolute Gasteiger partial charge is 0.480 e. The summed E-state index contributed by atoms with van der Waals surface area (Å²) >= 11 is 1.89. The van der Waals surface area contributed by atoms with E-state index in [1.807, 2.05) is 18.7 Å². The van der Waals surface area contributed by atoms with Gasteiger partial charge in [-0.25, -0.2) is 9.59 Å². The van der Waals surface area contributed by atoms with Crippen LogP contribution >= 0.6 is 11.8 Å². The van der Waals surface area contributed by atoms with E-state index >= 15 is 0 Å². The molecule has 1 unspecified atom stereocenters. The van der Waals surface area contributed by atoms with Gasteiger partial charge in [-0.05, 0) is 12.8 Å². The molecule has 5 nitrogen and oxygen atoms in total. The Morgan fingerprint density at radius 3 is 2.79 bits per heavy atom. The molecule has 0 spiro atoms. The summed E-state index contributed by atoms with van der Waals surface area (Å²) in [5.74, 6) is -0.0150. The number of thioether (sulfide) groups is 1. The molecule has 0 radical (unpaired) electrons. The number of nitrogens with zero attached hydrogens (tertiary/aromatic N) is 1. The van der Waals surface area contributed by atoms with Gasteiger partial charge in [0.15, 0.2) is 0 Å². The predicted molar refractivity (Wildman–Crippen MR) is 77.6 cm³/mol. The molecule has 2 atom stereocenters. The van der Waals surface area contributed by atoms with Crippen molar-refractivity contribution < 1.29 is 14.7 Å². The van der Waals surface area contributed by atoms with E-state index < -0.39 is 12.0 Å². The fraction of sp³-hybridized carbons (Fsp3) is 0.846. The molecule has 1 heterocycles. The van der Waals surface area contributed by atoms with Crippen LogP contribution in [0.2, 0.25) is 0 Å². The number of hydrogen-bond donors (Lipinski definition) is 2. The summed E-state index contributed by atoms with van der Waals surface area (Å²) in [5, 5.41) is 12.2. The van der Waals surface area contributed by atoms with Gasteiger partial charge in [0.25, 0.3) is 0 Å². The van der Waals surface area contributed by atoms with Gasteiger partial charge in [0.05, 0.1) is 0 Å². The summed E-state index contributed by atoms with van der Waals surface area (Å²) < 4.78 is 0. The van der Waals surface area contributed by atoms with Crippen molar-refractivity contribution in [2.24, 2.45) is 0 Å². The monoisotopic (exact) mass is 288 g/mol. The van der Waals surface area contributed by atoms with Crippen molar-refractivity contribution in [3.05, 3.63) is 0 Å². The smallest absolute Gasteiger partial charge is 0.326 e. The molecule has 0 aromatic carbocycles. The molecular formula is C13H24N2O3S. The third-order valence-electron chi connectivity index (χ3n) is 3.32. The quantitative estimate of drug-likeness (QED) is 0.786. The first-order valence-electron chi connectivity index (χ1n) is 6.98. The maximum absolute atomic E-state index is 12.1. The van der Waals surface area contributed by atoms with E-state index in [9.17, 15) is 9.59 Å². The van der Waals surface area contributed by atoms with Crippen LogP contribution in [0.25, 0.3) is 0 Å². The lowest BCUT2D eigenvalue weighted by Crippen LogP contribution is -2.51. The van der Waals surface area contributed by atoms with Gasteiger partial charge in [0.2, 0.25) is 0 Å². The molecule has 0 bridgehead atoms. The Bertz CT molecular complexity index is 312. The molecule has 2 amide bonds. The molecule has 0 aliphatic carbocycles. The number of hydrogen-bond acceptors (Lipinski definition) is 3. The van der Waals surface area contributed by atoms with Crippen molar-refractivity contribution in [1.29, 1.82) is 0 Å². The highest BCUT2D eigenvalue weighted by Gasteiger charge is 2.26. The summed E-state index contributed by atoms with van der Waals surface area (Å²) in [6, 6.07) is -0.996. The van der Waals surface area contributed by atoms with Crippen molar-refractivity contribution in [3.8, 4) is 0 Å². The Kier molecular flexibility index (Phi) is 7.05. The standard InChI is InChI=1S/C13H24N2O3S/c1-3-5-6-11(12(16)17)14-13(18)15-7-8-19-10(4-2)9-15/h10-11H,3-9H2,1-2H3,(H,14,18)(H,16,17)/t10?,11-/m0/s1. The lowest BCUT2D eigenvalue weighted by atomic mass is 10.1. The van der Waals surface area contributed by atoms with Crippen LogP contribution in [0.4, 0.5) is 4.79 Å². The van der Waals surface area contributed by atoms with Crippen molar-refractivity contribution in [2.75, 3.05) is 18.8 Å². The van der Waals surface area contributed by atoms with E-state index in [0.717, 1.165) is 25.0 Å². The Hall–Kier alpha value is -0.910. The molecule has 1 saturated heterocycles. The maximum atomic E-state index is 12.1. The molecule has 0 saturated carbocycles. The first-order chi connectivity index (χ1) is 9.08. The highest BCUT2D eigenvalue weighted by atomic mass is 32.2. The minimum Gasteiger partial charge on any atom is -0.480 e. The number of amides is 2. The van der Waals surface area contributed by atoms with Crippen LogP contribution < -0.4 is 5.32 Å². The van der Waals surface area contributed by atoms with Gasteiger partial charge >= 0.3 is 12.0 Å². The van der Waals surface area contributed by atoms with Gasteiger partial charge in [0, 0.05) is 24.1 Å². The molecule has 1 aliphatic rings. The molecule has 110 valence electrons. The molecule has 6 heteroatoms. The zero-order chi connectivity index (χ0) is 14.3. The lowest BCUT2D eigenvalue weighted by Gasteiger charge is -2.32. The van der Waals surface area contributed by atoms with Crippen LogP contribution in [0.1, 0.15) is 39.5 Å². The van der Waals surface area contributed by atoms with E-state index in [4.69, 9.17) is 5.11 Å². The maximum Gasteiger partial charge on any atom is 0.326 e. The molecule has 0 aromatic heterocycles. The van der Waals surface area contributed by atoms with Gasteiger partial charge in [-0.3, -0.25) is 0 Å². The van der Waals surface area contributed by atoms with Crippen molar-refractivity contribution in [2.45, 2.75) is 50.8 Å². The Morgan fingerprint density at radius 2 is 2.21 bits per heavy atom. The third kappa shape index (κ3) is 5.30. The van der Waals surface area contributed by atoms with Crippen LogP contribution in [-0.2, 0) is 4.79 Å². The molecular weight excluding hydrogens is 264 g/mol. The Labute approximate surface area is 119 Å². The average Bonchev–Trinajstić information content (AvgIpc) is 2.42.